The molecule has 0 bridgehead atoms. The molecule has 0 saturated heterocycles. The first-order valence-corrected chi connectivity index (χ1v) is 6.51. The molecule has 2 aromatic heterocycles. The van der Waals surface area contributed by atoms with Crippen molar-refractivity contribution in [1.82, 2.24) is 15.1 Å². The van der Waals surface area contributed by atoms with Gasteiger partial charge >= 0.3 is 0 Å². The van der Waals surface area contributed by atoms with Crippen LogP contribution in [0.5, 0.6) is 0 Å². The van der Waals surface area contributed by atoms with Gasteiger partial charge in [-0.15, -0.1) is 11.3 Å². The van der Waals surface area contributed by atoms with E-state index in [-0.39, 0.29) is 5.92 Å². The zero-order chi connectivity index (χ0) is 12.3. The van der Waals surface area contributed by atoms with Crippen LogP contribution in [0.4, 0.5) is 0 Å². The second-order valence-corrected chi connectivity index (χ2v) is 5.27. The van der Waals surface area contributed by atoms with Crippen LogP contribution in [0.1, 0.15) is 32.1 Å². The second-order valence-electron chi connectivity index (χ2n) is 4.38. The molecular formula is C11H16N4OS. The van der Waals surface area contributed by atoms with Crippen LogP contribution in [0.15, 0.2) is 16.2 Å². The molecule has 92 valence electrons. The largest absolute Gasteiger partial charge is 0.339 e. The van der Waals surface area contributed by atoms with Gasteiger partial charge in [0, 0.05) is 12.7 Å². The summed E-state index contributed by atoms with van der Waals surface area (Å²) in [6.45, 7) is 4.84. The second kappa shape index (κ2) is 5.37. The highest BCUT2D eigenvalue weighted by Crippen LogP contribution is 2.25. The van der Waals surface area contributed by atoms with E-state index < -0.39 is 0 Å². The van der Waals surface area contributed by atoms with Crippen molar-refractivity contribution in [2.24, 2.45) is 11.7 Å². The van der Waals surface area contributed by atoms with Crippen molar-refractivity contribution in [3.63, 3.8) is 0 Å². The summed E-state index contributed by atoms with van der Waals surface area (Å²) in [5.41, 5.74) is 7.49. The van der Waals surface area contributed by atoms with Crippen LogP contribution >= 0.6 is 11.3 Å². The van der Waals surface area contributed by atoms with E-state index in [1.54, 1.807) is 11.7 Å². The van der Waals surface area contributed by atoms with Crippen LogP contribution in [0.25, 0.3) is 10.7 Å². The summed E-state index contributed by atoms with van der Waals surface area (Å²) < 4.78 is 5.28. The molecular weight excluding hydrogens is 236 g/mol. The topological polar surface area (TPSA) is 77.8 Å². The third kappa shape index (κ3) is 2.89. The van der Waals surface area contributed by atoms with E-state index in [2.05, 4.69) is 29.0 Å². The van der Waals surface area contributed by atoms with Crippen molar-refractivity contribution < 1.29 is 4.52 Å². The maximum atomic E-state index is 5.74. The summed E-state index contributed by atoms with van der Waals surface area (Å²) in [4.78, 5) is 9.30. The van der Waals surface area contributed by atoms with Crippen LogP contribution < -0.4 is 5.73 Å². The third-order valence-corrected chi connectivity index (χ3v) is 3.25. The highest BCUT2D eigenvalue weighted by molar-refractivity contribution is 7.13. The molecule has 0 saturated carbocycles. The molecule has 0 aliphatic heterocycles. The number of rotatable bonds is 5. The maximum Gasteiger partial charge on any atom is 0.231 e. The summed E-state index contributed by atoms with van der Waals surface area (Å²) in [6.07, 6.45) is 2.69. The fourth-order valence-electron chi connectivity index (χ4n) is 1.69. The maximum absolute atomic E-state index is 5.74. The molecule has 0 aliphatic rings. The normalized spacial score (nSPS) is 13.2. The van der Waals surface area contributed by atoms with E-state index in [1.165, 1.54) is 11.3 Å². The molecule has 0 radical (unpaired) electrons. The molecule has 1 atom stereocenters. The predicted octanol–water partition coefficient (Wildman–Crippen LogP) is 2.28. The van der Waals surface area contributed by atoms with Crippen LogP contribution in [-0.4, -0.2) is 21.7 Å². The van der Waals surface area contributed by atoms with Crippen LogP contribution in [-0.2, 0) is 0 Å². The van der Waals surface area contributed by atoms with Gasteiger partial charge in [-0.25, -0.2) is 0 Å². The molecule has 2 rings (SSSR count). The van der Waals surface area contributed by atoms with Gasteiger partial charge in [-0.05, 0) is 12.3 Å². The number of aromatic nitrogens is 3. The molecule has 0 fully saturated rings. The van der Waals surface area contributed by atoms with Gasteiger partial charge in [-0.1, -0.05) is 19.0 Å². The summed E-state index contributed by atoms with van der Waals surface area (Å²) in [7, 11) is 0. The van der Waals surface area contributed by atoms with Crippen molar-refractivity contribution >= 4 is 11.3 Å². The first-order chi connectivity index (χ1) is 8.20. The summed E-state index contributed by atoms with van der Waals surface area (Å²) in [6, 6.07) is 0. The van der Waals surface area contributed by atoms with E-state index in [0.29, 0.717) is 24.2 Å². The average molecular weight is 252 g/mol. The van der Waals surface area contributed by atoms with E-state index in [0.717, 1.165) is 11.3 Å². The van der Waals surface area contributed by atoms with E-state index in [1.807, 2.05) is 0 Å². The van der Waals surface area contributed by atoms with Gasteiger partial charge in [0.05, 0.1) is 16.3 Å². The van der Waals surface area contributed by atoms with Crippen molar-refractivity contribution in [1.29, 1.82) is 0 Å². The van der Waals surface area contributed by atoms with Crippen LogP contribution in [0.3, 0.4) is 0 Å². The monoisotopic (exact) mass is 252 g/mol. The fraction of sp³-hybridized carbons (Fsp3) is 0.545. The van der Waals surface area contributed by atoms with E-state index in [4.69, 9.17) is 10.3 Å². The summed E-state index contributed by atoms with van der Waals surface area (Å²) in [5.74, 6) is 1.93. The smallest absolute Gasteiger partial charge is 0.231 e. The van der Waals surface area contributed by atoms with Crippen LogP contribution in [0, 0.1) is 5.92 Å². The van der Waals surface area contributed by atoms with Gasteiger partial charge in [-0.3, -0.25) is 4.98 Å². The van der Waals surface area contributed by atoms with E-state index in [9.17, 15) is 0 Å². The number of nitrogens with zero attached hydrogens (tertiary/aromatic N) is 3. The molecule has 2 heterocycles. The lowest BCUT2D eigenvalue weighted by Gasteiger charge is -2.11. The highest BCUT2D eigenvalue weighted by atomic mass is 32.1. The Morgan fingerprint density at radius 2 is 2.29 bits per heavy atom. The Kier molecular flexibility index (Phi) is 3.86. The Morgan fingerprint density at radius 3 is 2.88 bits per heavy atom. The highest BCUT2D eigenvalue weighted by Gasteiger charge is 2.19. The quantitative estimate of drug-likeness (QED) is 0.883. The number of hydrogen-bond donors (Lipinski definition) is 1. The Balaban J connectivity index is 2.16. The lowest BCUT2D eigenvalue weighted by molar-refractivity contribution is 0.335. The molecule has 6 heteroatoms. The molecule has 0 amide bonds. The minimum Gasteiger partial charge on any atom is -0.339 e. The van der Waals surface area contributed by atoms with Gasteiger partial charge < -0.3 is 10.3 Å². The SMILES string of the molecule is CC(C)CC(CN)c1nc(-c2cncs2)no1. The molecule has 2 aromatic rings. The predicted molar refractivity (Wildman–Crippen MR) is 66.7 cm³/mol. The molecule has 0 aromatic carbocycles. The average Bonchev–Trinajstić information content (AvgIpc) is 2.95. The molecule has 0 aliphatic carbocycles. The van der Waals surface area contributed by atoms with Crippen LogP contribution in [0.2, 0.25) is 0 Å². The third-order valence-electron chi connectivity index (χ3n) is 2.48. The molecule has 17 heavy (non-hydrogen) atoms. The van der Waals surface area contributed by atoms with Crippen molar-refractivity contribution in [2.75, 3.05) is 6.54 Å². The van der Waals surface area contributed by atoms with Gasteiger partial charge in [0.2, 0.25) is 11.7 Å². The Labute approximate surface area is 104 Å². The first-order valence-electron chi connectivity index (χ1n) is 5.63. The Morgan fingerprint density at radius 1 is 1.47 bits per heavy atom. The van der Waals surface area contributed by atoms with Crippen molar-refractivity contribution in [2.45, 2.75) is 26.2 Å². The molecule has 2 N–H and O–H groups in total. The molecule has 5 nitrogen and oxygen atoms in total. The van der Waals surface area contributed by atoms with Gasteiger partial charge in [-0.2, -0.15) is 4.98 Å². The van der Waals surface area contributed by atoms with Crippen molar-refractivity contribution in [3.05, 3.63) is 17.6 Å². The minimum absolute atomic E-state index is 0.143. The Bertz CT molecular complexity index is 452. The Hall–Kier alpha value is -1.27. The molecule has 0 spiro atoms. The number of thiazole rings is 1. The standard InChI is InChI=1S/C11H16N4OS/c1-7(2)3-8(4-12)11-14-10(15-16-11)9-5-13-6-17-9/h5-8H,3-4,12H2,1-2H3. The van der Waals surface area contributed by atoms with Gasteiger partial charge in [0.25, 0.3) is 0 Å². The zero-order valence-corrected chi connectivity index (χ0v) is 10.8. The first kappa shape index (κ1) is 12.2. The number of nitrogens with two attached hydrogens (primary N) is 1. The van der Waals surface area contributed by atoms with Gasteiger partial charge in [0.15, 0.2) is 0 Å². The minimum atomic E-state index is 0.143. The van der Waals surface area contributed by atoms with Gasteiger partial charge in [0.1, 0.15) is 0 Å². The lowest BCUT2D eigenvalue weighted by Crippen LogP contribution is -2.15. The summed E-state index contributed by atoms with van der Waals surface area (Å²) >= 11 is 1.50. The number of hydrogen-bond acceptors (Lipinski definition) is 6. The lowest BCUT2D eigenvalue weighted by atomic mass is 9.97. The van der Waals surface area contributed by atoms with Crippen molar-refractivity contribution in [3.8, 4) is 10.7 Å². The zero-order valence-electron chi connectivity index (χ0n) is 9.96. The molecule has 1 unspecified atom stereocenters. The summed E-state index contributed by atoms with van der Waals surface area (Å²) in [5, 5.41) is 3.96. The van der Waals surface area contributed by atoms with E-state index >= 15 is 0 Å². The fourth-order valence-corrected chi connectivity index (χ4v) is 2.24.